The summed E-state index contributed by atoms with van der Waals surface area (Å²) in [5.74, 6) is 0.152. The Morgan fingerprint density at radius 1 is 1.32 bits per heavy atom. The lowest BCUT2D eigenvalue weighted by Crippen LogP contribution is -2.13. The maximum Gasteiger partial charge on any atom is 0.277 e. The summed E-state index contributed by atoms with van der Waals surface area (Å²) < 4.78 is 41.1. The molecule has 1 atom stereocenters. The molecule has 0 spiro atoms. The average molecular weight is 385 g/mol. The Balaban J connectivity index is 1.46. The molecule has 134 valence electrons. The minimum Gasteiger partial charge on any atom is -0.416 e. The Kier molecular flexibility index (Phi) is 5.38. The molecular weight excluding hydrogens is 369 g/mol. The molecule has 1 aliphatic rings. The molecule has 1 aromatic heterocycles. The maximum absolute atomic E-state index is 12.8. The molecule has 7 nitrogen and oxygen atoms in total. The van der Waals surface area contributed by atoms with Crippen LogP contribution in [0.1, 0.15) is 12.3 Å². The number of sulfone groups is 1. The van der Waals surface area contributed by atoms with E-state index in [2.05, 4.69) is 15.5 Å². The molecule has 1 saturated heterocycles. The number of thioether (sulfide) groups is 1. The van der Waals surface area contributed by atoms with E-state index in [1.807, 2.05) is 0 Å². The third-order valence-electron chi connectivity index (χ3n) is 3.69. The van der Waals surface area contributed by atoms with Crippen molar-refractivity contribution in [2.24, 2.45) is 5.92 Å². The van der Waals surface area contributed by atoms with Crippen LogP contribution in [0.3, 0.4) is 0 Å². The number of aromatic nitrogens is 2. The second kappa shape index (κ2) is 7.52. The molecule has 0 bridgehead atoms. The van der Waals surface area contributed by atoms with Gasteiger partial charge in [0, 0.05) is 12.1 Å². The van der Waals surface area contributed by atoms with Crippen molar-refractivity contribution in [1.29, 1.82) is 0 Å². The number of benzene rings is 1. The number of rotatable bonds is 6. The topological polar surface area (TPSA) is 102 Å². The number of hydrogen-bond donors (Lipinski definition) is 1. The number of carbonyl (C=O) groups is 1. The second-order valence-electron chi connectivity index (χ2n) is 5.78. The summed E-state index contributed by atoms with van der Waals surface area (Å²) in [6, 6.07) is 5.46. The molecule has 0 unspecified atom stereocenters. The quantitative estimate of drug-likeness (QED) is 0.758. The van der Waals surface area contributed by atoms with Crippen molar-refractivity contribution in [1.82, 2.24) is 10.2 Å². The van der Waals surface area contributed by atoms with Gasteiger partial charge in [0.1, 0.15) is 5.82 Å². The SMILES string of the molecule is O=C(CSc1nnc(C[C@H]2CCS(=O)(=O)C2)o1)Nc1ccc(F)cc1. The third kappa shape index (κ3) is 5.27. The number of halogens is 1. The summed E-state index contributed by atoms with van der Waals surface area (Å²) in [5, 5.41) is 10.6. The first kappa shape index (κ1) is 17.9. The normalized spacial score (nSPS) is 19.0. The van der Waals surface area contributed by atoms with E-state index in [9.17, 15) is 17.6 Å². The van der Waals surface area contributed by atoms with Gasteiger partial charge in [-0.2, -0.15) is 0 Å². The van der Waals surface area contributed by atoms with Crippen LogP contribution in [0, 0.1) is 11.7 Å². The molecular formula is C15H16FN3O4S2. The molecule has 2 heterocycles. The molecule has 3 rings (SSSR count). The summed E-state index contributed by atoms with van der Waals surface area (Å²) >= 11 is 1.08. The van der Waals surface area contributed by atoms with Gasteiger partial charge in [0.2, 0.25) is 11.8 Å². The Bertz CT molecular complexity index is 852. The van der Waals surface area contributed by atoms with E-state index in [4.69, 9.17) is 4.42 Å². The Hall–Kier alpha value is -1.94. The fraction of sp³-hybridized carbons (Fsp3) is 0.400. The van der Waals surface area contributed by atoms with Gasteiger partial charge < -0.3 is 9.73 Å². The van der Waals surface area contributed by atoms with Gasteiger partial charge in [0.05, 0.1) is 17.3 Å². The number of nitrogens with one attached hydrogen (secondary N) is 1. The molecule has 1 aliphatic heterocycles. The van der Waals surface area contributed by atoms with E-state index < -0.39 is 9.84 Å². The van der Waals surface area contributed by atoms with Crippen LogP contribution in [-0.4, -0.2) is 41.8 Å². The average Bonchev–Trinajstić information content (AvgIpc) is 3.14. The minimum absolute atomic E-state index is 0.00470. The molecule has 0 aliphatic carbocycles. The number of hydrogen-bond acceptors (Lipinski definition) is 7. The molecule has 1 fully saturated rings. The van der Waals surface area contributed by atoms with Gasteiger partial charge in [0.25, 0.3) is 5.22 Å². The maximum atomic E-state index is 12.8. The number of carbonyl (C=O) groups excluding carboxylic acids is 1. The molecule has 10 heteroatoms. The van der Waals surface area contributed by atoms with Gasteiger partial charge in [-0.1, -0.05) is 11.8 Å². The fourth-order valence-corrected chi connectivity index (χ4v) is 4.96. The Labute approximate surface area is 148 Å². The van der Waals surface area contributed by atoms with Gasteiger partial charge in [0.15, 0.2) is 9.84 Å². The first-order valence-electron chi connectivity index (χ1n) is 7.61. The number of amides is 1. The van der Waals surface area contributed by atoms with Gasteiger partial charge in [-0.25, -0.2) is 12.8 Å². The highest BCUT2D eigenvalue weighted by molar-refractivity contribution is 7.99. The first-order chi connectivity index (χ1) is 11.9. The van der Waals surface area contributed by atoms with Crippen molar-refractivity contribution in [3.63, 3.8) is 0 Å². The minimum atomic E-state index is -2.93. The fourth-order valence-electron chi connectivity index (χ4n) is 2.52. The van der Waals surface area contributed by atoms with Crippen molar-refractivity contribution >= 4 is 33.2 Å². The summed E-state index contributed by atoms with van der Waals surface area (Å²) in [5.41, 5.74) is 0.501. The van der Waals surface area contributed by atoms with Crippen LogP contribution in [-0.2, 0) is 21.1 Å². The zero-order chi connectivity index (χ0) is 17.9. The van der Waals surface area contributed by atoms with E-state index in [-0.39, 0.29) is 40.1 Å². The number of anilines is 1. The predicted molar refractivity (Wildman–Crippen MR) is 90.5 cm³/mol. The van der Waals surface area contributed by atoms with Crippen LogP contribution in [0.25, 0.3) is 0 Å². The molecule has 1 aromatic carbocycles. The summed E-state index contributed by atoms with van der Waals surface area (Å²) in [4.78, 5) is 11.8. The second-order valence-corrected chi connectivity index (χ2v) is 8.93. The Morgan fingerprint density at radius 3 is 2.76 bits per heavy atom. The lowest BCUT2D eigenvalue weighted by atomic mass is 10.1. The largest absolute Gasteiger partial charge is 0.416 e. The summed E-state index contributed by atoms with van der Waals surface area (Å²) in [7, 11) is -2.93. The van der Waals surface area contributed by atoms with Crippen molar-refractivity contribution in [2.75, 3.05) is 22.6 Å². The van der Waals surface area contributed by atoms with E-state index in [1.165, 1.54) is 24.3 Å². The van der Waals surface area contributed by atoms with Crippen LogP contribution in [0.4, 0.5) is 10.1 Å². The van der Waals surface area contributed by atoms with Gasteiger partial charge in [-0.3, -0.25) is 4.79 Å². The first-order valence-corrected chi connectivity index (χ1v) is 10.4. The van der Waals surface area contributed by atoms with E-state index >= 15 is 0 Å². The highest BCUT2D eigenvalue weighted by Crippen LogP contribution is 2.24. The van der Waals surface area contributed by atoms with Crippen molar-refractivity contribution < 1.29 is 22.0 Å². The van der Waals surface area contributed by atoms with E-state index in [0.29, 0.717) is 24.4 Å². The Morgan fingerprint density at radius 2 is 2.08 bits per heavy atom. The highest BCUT2D eigenvalue weighted by Gasteiger charge is 2.29. The van der Waals surface area contributed by atoms with Crippen LogP contribution < -0.4 is 5.32 Å². The van der Waals surface area contributed by atoms with Gasteiger partial charge in [-0.05, 0) is 36.6 Å². The van der Waals surface area contributed by atoms with Gasteiger partial charge >= 0.3 is 0 Å². The van der Waals surface area contributed by atoms with Crippen molar-refractivity contribution in [2.45, 2.75) is 18.1 Å². The van der Waals surface area contributed by atoms with Crippen LogP contribution in [0.5, 0.6) is 0 Å². The molecule has 0 saturated carbocycles. The predicted octanol–water partition coefficient (Wildman–Crippen LogP) is 1.92. The third-order valence-corrected chi connectivity index (χ3v) is 6.35. The lowest BCUT2D eigenvalue weighted by Gasteiger charge is -2.03. The highest BCUT2D eigenvalue weighted by atomic mass is 32.2. The molecule has 0 radical (unpaired) electrons. The van der Waals surface area contributed by atoms with Crippen molar-refractivity contribution in [3.8, 4) is 0 Å². The van der Waals surface area contributed by atoms with Crippen molar-refractivity contribution in [3.05, 3.63) is 36.0 Å². The van der Waals surface area contributed by atoms with E-state index in [1.54, 1.807) is 0 Å². The molecule has 25 heavy (non-hydrogen) atoms. The van der Waals surface area contributed by atoms with Crippen LogP contribution in [0.2, 0.25) is 0 Å². The number of nitrogens with zero attached hydrogens (tertiary/aromatic N) is 2. The monoisotopic (exact) mass is 385 g/mol. The molecule has 2 aromatic rings. The smallest absolute Gasteiger partial charge is 0.277 e. The van der Waals surface area contributed by atoms with E-state index in [0.717, 1.165) is 11.8 Å². The summed E-state index contributed by atoms with van der Waals surface area (Å²) in [6.07, 6.45) is 1.03. The summed E-state index contributed by atoms with van der Waals surface area (Å²) in [6.45, 7) is 0. The molecule has 1 N–H and O–H groups in total. The molecule has 1 amide bonds. The lowest BCUT2D eigenvalue weighted by molar-refractivity contribution is -0.113. The zero-order valence-electron chi connectivity index (χ0n) is 13.1. The van der Waals surface area contributed by atoms with Crippen LogP contribution >= 0.6 is 11.8 Å². The standard InChI is InChI=1S/C15H16FN3O4S2/c16-11-1-3-12(4-2-11)17-13(20)8-24-15-19-18-14(23-15)7-10-5-6-25(21,22)9-10/h1-4,10H,5-9H2,(H,17,20)/t10-/m1/s1. The van der Waals surface area contributed by atoms with Gasteiger partial charge in [-0.15, -0.1) is 10.2 Å². The van der Waals surface area contributed by atoms with Crippen LogP contribution in [0.15, 0.2) is 33.9 Å². The zero-order valence-corrected chi connectivity index (χ0v) is 14.8.